The minimum Gasteiger partial charge on any atom is -0.481 e. The Morgan fingerprint density at radius 3 is 2.45 bits per heavy atom. The molecule has 5 nitrogen and oxygen atoms in total. The van der Waals surface area contributed by atoms with Gasteiger partial charge in [0.05, 0.1) is 15.7 Å². The number of hydrogen-bond acceptors (Lipinski definition) is 2. The molecule has 0 aliphatic carbocycles. The monoisotopic (exact) mass is 318 g/mol. The fourth-order valence-electron chi connectivity index (χ4n) is 1.51. The molecule has 0 saturated carbocycles. The molecule has 20 heavy (non-hydrogen) atoms. The number of anilines is 1. The summed E-state index contributed by atoms with van der Waals surface area (Å²) in [4.78, 5) is 22.1. The first-order valence-corrected chi connectivity index (χ1v) is 6.86. The maximum absolute atomic E-state index is 11.7. The van der Waals surface area contributed by atoms with Crippen molar-refractivity contribution in [1.29, 1.82) is 0 Å². The van der Waals surface area contributed by atoms with Gasteiger partial charge in [0.1, 0.15) is 0 Å². The average Bonchev–Trinajstić information content (AvgIpc) is 2.38. The summed E-state index contributed by atoms with van der Waals surface area (Å²) in [7, 11) is 0. The molecule has 0 radical (unpaired) electrons. The zero-order valence-corrected chi connectivity index (χ0v) is 12.5. The molecule has 1 atom stereocenters. The predicted molar refractivity (Wildman–Crippen MR) is 79.5 cm³/mol. The van der Waals surface area contributed by atoms with Crippen LogP contribution in [0.15, 0.2) is 18.2 Å². The molecule has 0 aliphatic heterocycles. The molecule has 0 saturated heterocycles. The minimum atomic E-state index is -0.843. The molecule has 0 bridgehead atoms. The number of carbonyl (C=O) groups is 2. The average molecular weight is 319 g/mol. The van der Waals surface area contributed by atoms with Gasteiger partial charge in [0.25, 0.3) is 0 Å². The number of carbonyl (C=O) groups excluding carboxylic acids is 1. The largest absolute Gasteiger partial charge is 0.481 e. The van der Waals surface area contributed by atoms with Gasteiger partial charge in [-0.15, -0.1) is 0 Å². The molecule has 7 heteroatoms. The van der Waals surface area contributed by atoms with Crippen LogP contribution in [-0.4, -0.2) is 23.7 Å². The van der Waals surface area contributed by atoms with Crippen LogP contribution in [0, 0.1) is 5.92 Å². The van der Waals surface area contributed by atoms with E-state index in [1.807, 2.05) is 6.92 Å². The molecule has 0 aromatic heterocycles. The highest BCUT2D eigenvalue weighted by molar-refractivity contribution is 6.39. The van der Waals surface area contributed by atoms with Crippen molar-refractivity contribution in [3.8, 4) is 0 Å². The van der Waals surface area contributed by atoms with Gasteiger partial charge in [0, 0.05) is 13.0 Å². The molecule has 110 valence electrons. The molecule has 0 heterocycles. The summed E-state index contributed by atoms with van der Waals surface area (Å²) in [6.45, 7) is 2.24. The third kappa shape index (κ3) is 5.67. The van der Waals surface area contributed by atoms with Crippen LogP contribution in [0.5, 0.6) is 0 Å². The van der Waals surface area contributed by atoms with Gasteiger partial charge in [-0.05, 0) is 24.5 Å². The summed E-state index contributed by atoms with van der Waals surface area (Å²) < 4.78 is 0. The van der Waals surface area contributed by atoms with E-state index in [1.54, 1.807) is 18.2 Å². The van der Waals surface area contributed by atoms with Crippen LogP contribution in [0.25, 0.3) is 0 Å². The standard InChI is InChI=1S/C13H16Cl2N2O3/c1-8(5-6-11(18)19)7-16-13(20)17-12-9(14)3-2-4-10(12)15/h2-4,8H,5-7H2,1H3,(H,18,19)(H2,16,17,20). The van der Waals surface area contributed by atoms with E-state index >= 15 is 0 Å². The van der Waals surface area contributed by atoms with Crippen molar-refractivity contribution in [3.05, 3.63) is 28.2 Å². The first kappa shape index (κ1) is 16.6. The van der Waals surface area contributed by atoms with E-state index in [9.17, 15) is 9.59 Å². The summed E-state index contributed by atoms with van der Waals surface area (Å²) >= 11 is 11.9. The number of hydrogen-bond donors (Lipinski definition) is 3. The minimum absolute atomic E-state index is 0.0681. The number of nitrogens with one attached hydrogen (secondary N) is 2. The summed E-state index contributed by atoms with van der Waals surface area (Å²) in [6, 6.07) is 4.50. The van der Waals surface area contributed by atoms with Crippen LogP contribution in [0.1, 0.15) is 19.8 Å². The number of para-hydroxylation sites is 1. The highest BCUT2D eigenvalue weighted by Crippen LogP contribution is 2.29. The first-order chi connectivity index (χ1) is 9.40. The van der Waals surface area contributed by atoms with E-state index in [0.717, 1.165) is 0 Å². The number of halogens is 2. The third-order valence-electron chi connectivity index (χ3n) is 2.66. The van der Waals surface area contributed by atoms with Gasteiger partial charge in [-0.25, -0.2) is 4.79 Å². The van der Waals surface area contributed by atoms with Crippen molar-refractivity contribution in [3.63, 3.8) is 0 Å². The molecule has 1 rings (SSSR count). The molecule has 1 unspecified atom stereocenters. The van der Waals surface area contributed by atoms with Crippen LogP contribution in [-0.2, 0) is 4.79 Å². The van der Waals surface area contributed by atoms with E-state index in [4.69, 9.17) is 28.3 Å². The van der Waals surface area contributed by atoms with Gasteiger partial charge in [0.15, 0.2) is 0 Å². The second-order valence-corrected chi connectivity index (χ2v) is 5.28. The number of carboxylic acid groups (broad SMARTS) is 1. The molecule has 2 amide bonds. The van der Waals surface area contributed by atoms with Crippen LogP contribution < -0.4 is 10.6 Å². The van der Waals surface area contributed by atoms with Gasteiger partial charge in [-0.3, -0.25) is 4.79 Å². The third-order valence-corrected chi connectivity index (χ3v) is 3.29. The Bertz CT molecular complexity index is 474. The Hall–Kier alpha value is -1.46. The lowest BCUT2D eigenvalue weighted by atomic mass is 10.1. The number of carboxylic acids is 1. The number of urea groups is 1. The van der Waals surface area contributed by atoms with Gasteiger partial charge in [0.2, 0.25) is 0 Å². The van der Waals surface area contributed by atoms with Crippen molar-refractivity contribution >= 4 is 40.9 Å². The highest BCUT2D eigenvalue weighted by Gasteiger charge is 2.11. The highest BCUT2D eigenvalue weighted by atomic mass is 35.5. The van der Waals surface area contributed by atoms with Gasteiger partial charge < -0.3 is 15.7 Å². The molecule has 1 aromatic carbocycles. The summed E-state index contributed by atoms with van der Waals surface area (Å²) in [5.41, 5.74) is 0.353. The SMILES string of the molecule is CC(CCC(=O)O)CNC(=O)Nc1c(Cl)cccc1Cl. The zero-order valence-electron chi connectivity index (χ0n) is 11.0. The Balaban J connectivity index is 2.42. The normalized spacial score (nSPS) is 11.8. The summed E-state index contributed by atoms with van der Waals surface area (Å²) in [5, 5.41) is 14.5. The molecule has 0 spiro atoms. The van der Waals surface area contributed by atoms with Crippen LogP contribution in [0.3, 0.4) is 0 Å². The smallest absolute Gasteiger partial charge is 0.319 e. The van der Waals surface area contributed by atoms with Crippen molar-refractivity contribution < 1.29 is 14.7 Å². The predicted octanol–water partition coefficient (Wildman–Crippen LogP) is 3.62. The molecule has 1 aromatic rings. The summed E-state index contributed by atoms with van der Waals surface area (Å²) in [5.74, 6) is -0.775. The molecule has 0 fully saturated rings. The zero-order chi connectivity index (χ0) is 15.1. The lowest BCUT2D eigenvalue weighted by Crippen LogP contribution is -2.32. The van der Waals surface area contributed by atoms with Crippen molar-refractivity contribution in [2.45, 2.75) is 19.8 Å². The van der Waals surface area contributed by atoms with E-state index in [0.29, 0.717) is 28.7 Å². The van der Waals surface area contributed by atoms with Crippen LogP contribution in [0.2, 0.25) is 10.0 Å². The van der Waals surface area contributed by atoms with Gasteiger partial charge in [-0.1, -0.05) is 36.2 Å². The Kier molecular flexibility index (Phi) is 6.61. The molecular formula is C13H16Cl2N2O3. The lowest BCUT2D eigenvalue weighted by Gasteiger charge is -2.13. The Labute approximate surface area is 127 Å². The van der Waals surface area contributed by atoms with E-state index < -0.39 is 12.0 Å². The first-order valence-electron chi connectivity index (χ1n) is 6.10. The Morgan fingerprint density at radius 2 is 1.90 bits per heavy atom. The molecular weight excluding hydrogens is 303 g/mol. The second-order valence-electron chi connectivity index (χ2n) is 4.47. The molecule has 3 N–H and O–H groups in total. The van der Waals surface area contributed by atoms with Crippen LogP contribution in [0.4, 0.5) is 10.5 Å². The second kappa shape index (κ2) is 7.97. The van der Waals surface area contributed by atoms with Gasteiger partial charge >= 0.3 is 12.0 Å². The fourth-order valence-corrected chi connectivity index (χ4v) is 2.01. The quantitative estimate of drug-likeness (QED) is 0.749. The fraction of sp³-hybridized carbons (Fsp3) is 0.385. The Morgan fingerprint density at radius 1 is 1.30 bits per heavy atom. The van der Waals surface area contributed by atoms with E-state index in [-0.39, 0.29) is 12.3 Å². The number of amides is 2. The number of rotatable bonds is 6. The summed E-state index contributed by atoms with van der Waals surface area (Å²) in [6.07, 6.45) is 0.587. The van der Waals surface area contributed by atoms with Crippen LogP contribution >= 0.6 is 23.2 Å². The van der Waals surface area contributed by atoms with Crippen molar-refractivity contribution in [2.24, 2.45) is 5.92 Å². The van der Waals surface area contributed by atoms with E-state index in [2.05, 4.69) is 10.6 Å². The van der Waals surface area contributed by atoms with E-state index in [1.165, 1.54) is 0 Å². The van der Waals surface area contributed by atoms with Gasteiger partial charge in [-0.2, -0.15) is 0 Å². The molecule has 0 aliphatic rings. The maximum atomic E-state index is 11.7. The topological polar surface area (TPSA) is 78.4 Å². The number of aliphatic carboxylic acids is 1. The van der Waals surface area contributed by atoms with Crippen molar-refractivity contribution in [1.82, 2.24) is 5.32 Å². The lowest BCUT2D eigenvalue weighted by molar-refractivity contribution is -0.137. The maximum Gasteiger partial charge on any atom is 0.319 e. The van der Waals surface area contributed by atoms with Crippen molar-refractivity contribution in [2.75, 3.05) is 11.9 Å². The number of benzene rings is 1.